The maximum absolute atomic E-state index is 10.1. The van der Waals surface area contributed by atoms with E-state index in [1.807, 2.05) is 17.4 Å². The highest BCUT2D eigenvalue weighted by Crippen LogP contribution is 2.31. The number of hydrogen-bond donors (Lipinski definition) is 1. The zero-order chi connectivity index (χ0) is 15.7. The molecule has 0 aliphatic rings. The highest BCUT2D eigenvalue weighted by Gasteiger charge is 2.25. The fraction of sp³-hybridized carbons (Fsp3) is 0.444. The monoisotopic (exact) mass is 318 g/mol. The zero-order valence-corrected chi connectivity index (χ0v) is 15.6. The first-order chi connectivity index (χ1) is 9.70. The van der Waals surface area contributed by atoms with Gasteiger partial charge in [-0.3, -0.25) is 0 Å². The van der Waals surface area contributed by atoms with Gasteiger partial charge in [-0.2, -0.15) is 11.3 Å². The van der Waals surface area contributed by atoms with E-state index in [-0.39, 0.29) is 5.41 Å². The molecule has 0 aliphatic carbocycles. The van der Waals surface area contributed by atoms with Crippen molar-refractivity contribution in [3.63, 3.8) is 0 Å². The van der Waals surface area contributed by atoms with Crippen LogP contribution < -0.4 is 4.50 Å². The first-order valence-corrected chi connectivity index (χ1v) is 11.7. The number of phenolic OH excluding ortho intramolecular Hbond substituents is 1. The molecular formula is C18H26OSSi. The summed E-state index contributed by atoms with van der Waals surface area (Å²) in [4.78, 5) is 0. The van der Waals surface area contributed by atoms with Crippen LogP contribution >= 0.6 is 11.3 Å². The molecule has 0 fully saturated rings. The molecule has 3 heteroatoms. The molecule has 1 heterocycles. The molecule has 1 aromatic carbocycles. The predicted molar refractivity (Wildman–Crippen MR) is 96.8 cm³/mol. The van der Waals surface area contributed by atoms with Crippen molar-refractivity contribution in [2.45, 2.75) is 51.7 Å². The van der Waals surface area contributed by atoms with E-state index in [1.165, 1.54) is 11.6 Å². The Bertz CT molecular complexity index is 594. The fourth-order valence-electron chi connectivity index (χ4n) is 2.58. The summed E-state index contributed by atoms with van der Waals surface area (Å²) in [6, 6.07) is 11.8. The van der Waals surface area contributed by atoms with Crippen LogP contribution in [0.5, 0.6) is 5.75 Å². The molecule has 0 aliphatic heterocycles. The molecule has 1 aromatic heterocycles. The minimum absolute atomic E-state index is 0.0131. The van der Waals surface area contributed by atoms with Gasteiger partial charge in [0.15, 0.2) is 0 Å². The largest absolute Gasteiger partial charge is 0.508 e. The van der Waals surface area contributed by atoms with Crippen LogP contribution in [0, 0.1) is 0 Å². The molecule has 0 amide bonds. The van der Waals surface area contributed by atoms with Gasteiger partial charge in [0, 0.05) is 0 Å². The quantitative estimate of drug-likeness (QED) is 0.794. The zero-order valence-electron chi connectivity index (χ0n) is 13.7. The standard InChI is InChI=1S/C18H26OSSi/c1-18(2,3)15-13-14(8-9-16(15)19)10-12-21(4,5)17-7-6-11-20-17/h6-9,11,13,19H,10,12H2,1-5H3. The lowest BCUT2D eigenvalue weighted by molar-refractivity contribution is 0.446. The summed E-state index contributed by atoms with van der Waals surface area (Å²) in [5, 5.41) is 12.2. The molecule has 0 bridgehead atoms. The van der Waals surface area contributed by atoms with Gasteiger partial charge in [0.05, 0.1) is 8.07 Å². The highest BCUT2D eigenvalue weighted by molar-refractivity contribution is 7.25. The Hall–Kier alpha value is -1.06. The van der Waals surface area contributed by atoms with Crippen molar-refractivity contribution in [2.75, 3.05) is 0 Å². The Labute approximate surface area is 133 Å². The third-order valence-electron chi connectivity index (χ3n) is 4.10. The molecule has 0 saturated carbocycles. The number of aryl methyl sites for hydroxylation is 1. The summed E-state index contributed by atoms with van der Waals surface area (Å²) in [6.45, 7) is 11.3. The Morgan fingerprint density at radius 2 is 1.86 bits per heavy atom. The highest BCUT2D eigenvalue weighted by atomic mass is 32.1. The molecule has 2 aromatic rings. The van der Waals surface area contributed by atoms with Crippen molar-refractivity contribution in [3.05, 3.63) is 46.8 Å². The van der Waals surface area contributed by atoms with E-state index >= 15 is 0 Å². The van der Waals surface area contributed by atoms with E-state index in [9.17, 15) is 5.11 Å². The second kappa shape index (κ2) is 5.97. The van der Waals surface area contributed by atoms with Gasteiger partial charge in [0.25, 0.3) is 0 Å². The second-order valence-electron chi connectivity index (χ2n) is 7.46. The molecule has 0 unspecified atom stereocenters. The normalized spacial score (nSPS) is 12.6. The Balaban J connectivity index is 2.14. The first kappa shape index (κ1) is 16.3. The van der Waals surface area contributed by atoms with E-state index in [2.05, 4.69) is 63.5 Å². The van der Waals surface area contributed by atoms with Gasteiger partial charge in [-0.1, -0.05) is 58.1 Å². The SMILES string of the molecule is CC(C)(C)c1cc(CC[Si](C)(C)c2cccs2)ccc1O. The Kier molecular flexibility index (Phi) is 4.64. The van der Waals surface area contributed by atoms with E-state index in [0.717, 1.165) is 12.0 Å². The molecule has 2 rings (SSSR count). The summed E-state index contributed by atoms with van der Waals surface area (Å²) in [7, 11) is -1.33. The maximum atomic E-state index is 10.1. The van der Waals surface area contributed by atoms with Crippen LogP contribution in [0.2, 0.25) is 19.1 Å². The third-order valence-corrected chi connectivity index (χ3v) is 9.79. The molecule has 0 radical (unpaired) electrons. The number of hydrogen-bond acceptors (Lipinski definition) is 2. The minimum Gasteiger partial charge on any atom is -0.508 e. The van der Waals surface area contributed by atoms with Crippen LogP contribution in [0.4, 0.5) is 0 Å². The van der Waals surface area contributed by atoms with Gasteiger partial charge >= 0.3 is 0 Å². The molecule has 0 spiro atoms. The number of thiophene rings is 1. The van der Waals surface area contributed by atoms with Crippen LogP contribution in [0.1, 0.15) is 31.9 Å². The average Bonchev–Trinajstić information content (AvgIpc) is 2.91. The second-order valence-corrected chi connectivity index (χ2v) is 13.6. The average molecular weight is 319 g/mol. The molecule has 21 heavy (non-hydrogen) atoms. The van der Waals surface area contributed by atoms with E-state index in [0.29, 0.717) is 5.75 Å². The molecule has 1 N–H and O–H groups in total. The van der Waals surface area contributed by atoms with E-state index < -0.39 is 8.07 Å². The summed E-state index contributed by atoms with van der Waals surface area (Å²) in [6.07, 6.45) is 1.10. The molecule has 0 saturated heterocycles. The summed E-state index contributed by atoms with van der Waals surface area (Å²) in [5.41, 5.74) is 2.38. The lowest BCUT2D eigenvalue weighted by Crippen LogP contribution is -2.39. The minimum atomic E-state index is -1.33. The summed E-state index contributed by atoms with van der Waals surface area (Å²) in [5.74, 6) is 0.418. The van der Waals surface area contributed by atoms with Gasteiger partial charge in [-0.25, -0.2) is 0 Å². The van der Waals surface area contributed by atoms with Crippen LogP contribution in [-0.2, 0) is 11.8 Å². The van der Waals surface area contributed by atoms with E-state index in [4.69, 9.17) is 0 Å². The lowest BCUT2D eigenvalue weighted by Gasteiger charge is -2.23. The topological polar surface area (TPSA) is 20.2 Å². The van der Waals surface area contributed by atoms with Crippen molar-refractivity contribution in [3.8, 4) is 5.75 Å². The smallest absolute Gasteiger partial charge is 0.119 e. The number of phenols is 1. The Morgan fingerprint density at radius 1 is 1.14 bits per heavy atom. The predicted octanol–water partition coefficient (Wildman–Crippen LogP) is 4.91. The van der Waals surface area contributed by atoms with Crippen molar-refractivity contribution in [1.29, 1.82) is 0 Å². The van der Waals surface area contributed by atoms with Crippen LogP contribution in [0.15, 0.2) is 35.7 Å². The number of benzene rings is 1. The van der Waals surface area contributed by atoms with E-state index in [1.54, 1.807) is 4.50 Å². The Morgan fingerprint density at radius 3 is 2.43 bits per heavy atom. The molecule has 0 atom stereocenters. The first-order valence-electron chi connectivity index (χ1n) is 7.56. The number of aromatic hydroxyl groups is 1. The van der Waals surface area contributed by atoms with Crippen LogP contribution in [0.3, 0.4) is 0 Å². The van der Waals surface area contributed by atoms with Gasteiger partial charge in [-0.15, -0.1) is 0 Å². The van der Waals surface area contributed by atoms with Gasteiger partial charge in [-0.05, 0) is 45.0 Å². The molecular weight excluding hydrogens is 292 g/mol. The van der Waals surface area contributed by atoms with Crippen molar-refractivity contribution in [2.24, 2.45) is 0 Å². The van der Waals surface area contributed by atoms with Crippen molar-refractivity contribution < 1.29 is 5.11 Å². The van der Waals surface area contributed by atoms with Crippen LogP contribution in [0.25, 0.3) is 0 Å². The summed E-state index contributed by atoms with van der Waals surface area (Å²) >= 11 is 1.90. The number of rotatable bonds is 4. The van der Waals surface area contributed by atoms with Gasteiger partial charge in [0.1, 0.15) is 5.75 Å². The molecule has 114 valence electrons. The van der Waals surface area contributed by atoms with Crippen molar-refractivity contribution in [1.82, 2.24) is 0 Å². The van der Waals surface area contributed by atoms with Crippen LogP contribution in [-0.4, -0.2) is 13.2 Å². The van der Waals surface area contributed by atoms with Crippen molar-refractivity contribution >= 4 is 23.9 Å². The third kappa shape index (κ3) is 3.98. The fourth-order valence-corrected chi connectivity index (χ4v) is 6.54. The van der Waals surface area contributed by atoms with Gasteiger partial charge in [0.2, 0.25) is 0 Å². The molecule has 1 nitrogen and oxygen atoms in total. The van der Waals surface area contributed by atoms with Gasteiger partial charge < -0.3 is 5.11 Å². The summed E-state index contributed by atoms with van der Waals surface area (Å²) < 4.78 is 1.58. The maximum Gasteiger partial charge on any atom is 0.119 e. The lowest BCUT2D eigenvalue weighted by atomic mass is 9.85.